The van der Waals surface area contributed by atoms with E-state index in [1.807, 2.05) is 18.2 Å². The summed E-state index contributed by atoms with van der Waals surface area (Å²) in [6, 6.07) is 8.49. The van der Waals surface area contributed by atoms with Crippen molar-refractivity contribution in [3.8, 4) is 11.5 Å². The van der Waals surface area contributed by atoms with Gasteiger partial charge in [-0.15, -0.1) is 0 Å². The van der Waals surface area contributed by atoms with Gasteiger partial charge in [-0.25, -0.2) is 23.5 Å². The van der Waals surface area contributed by atoms with Crippen LogP contribution in [-0.2, 0) is 27.8 Å². The molecular weight excluding hydrogens is 803 g/mol. The van der Waals surface area contributed by atoms with Gasteiger partial charge in [0.05, 0.1) is 22.8 Å². The Labute approximate surface area is 357 Å². The van der Waals surface area contributed by atoms with Crippen LogP contribution in [0.2, 0.25) is 0 Å². The first-order valence-corrected chi connectivity index (χ1v) is 21.7. The second-order valence-corrected chi connectivity index (χ2v) is 16.9. The van der Waals surface area contributed by atoms with Crippen molar-refractivity contribution in [2.75, 3.05) is 50.5 Å². The number of halogens is 2. The summed E-state index contributed by atoms with van der Waals surface area (Å²) in [7, 11) is 3.82. The number of para-hydroxylation sites is 1. The van der Waals surface area contributed by atoms with Crippen LogP contribution in [0, 0.1) is 11.8 Å². The van der Waals surface area contributed by atoms with Crippen LogP contribution in [-0.4, -0.2) is 91.4 Å². The average molecular weight is 857 g/mol. The smallest absolute Gasteiger partial charge is 0.329 e. The molecule has 3 aliphatic rings. The van der Waals surface area contributed by atoms with Crippen molar-refractivity contribution in [1.82, 2.24) is 39.1 Å². The lowest BCUT2D eigenvalue weighted by molar-refractivity contribution is -0.135. The summed E-state index contributed by atoms with van der Waals surface area (Å²) in [6.45, 7) is 3.85. The molecule has 1 atom stereocenters. The van der Waals surface area contributed by atoms with Gasteiger partial charge in [-0.2, -0.15) is 5.10 Å². The number of hydrogen-bond donors (Lipinski definition) is 3. The number of oxazole rings is 1. The van der Waals surface area contributed by atoms with Gasteiger partial charge in [0.25, 0.3) is 12.3 Å². The van der Waals surface area contributed by atoms with Gasteiger partial charge in [-0.3, -0.25) is 33.5 Å². The SMILES string of the molecule is CN(CCCOCCCc1cccc2c1n(C)c(=O)n2[C@H]1CCC(=O)NC1=O)C[C@H]1CC[C@H](n2cc(NC(=O)c3coc(-c4ccnc(NCC5CC5)c4)n3)c(C(F)F)n2)CC1. The normalized spacial score (nSPS) is 19.4. The molecule has 18 heteroatoms. The van der Waals surface area contributed by atoms with E-state index in [1.165, 1.54) is 29.9 Å². The number of hydrogen-bond acceptors (Lipinski definition) is 11. The highest BCUT2D eigenvalue weighted by molar-refractivity contribution is 6.03. The van der Waals surface area contributed by atoms with Crippen molar-refractivity contribution in [2.45, 2.75) is 89.1 Å². The Hall–Kier alpha value is -5.75. The number of fused-ring (bicyclic) bond motifs is 1. The molecule has 3 amide bonds. The van der Waals surface area contributed by atoms with E-state index in [1.54, 1.807) is 34.6 Å². The Morgan fingerprint density at radius 3 is 2.61 bits per heavy atom. The predicted molar refractivity (Wildman–Crippen MR) is 227 cm³/mol. The van der Waals surface area contributed by atoms with E-state index in [9.17, 15) is 28.0 Å². The fourth-order valence-corrected chi connectivity index (χ4v) is 8.76. The van der Waals surface area contributed by atoms with Gasteiger partial charge in [0.2, 0.25) is 17.7 Å². The highest BCUT2D eigenvalue weighted by atomic mass is 19.3. The number of imide groups is 1. The van der Waals surface area contributed by atoms with Gasteiger partial charge < -0.3 is 24.7 Å². The number of pyridine rings is 1. The number of ether oxygens (including phenoxy) is 1. The van der Waals surface area contributed by atoms with Crippen LogP contribution in [0.1, 0.15) is 104 Å². The number of piperidine rings is 1. The van der Waals surface area contributed by atoms with E-state index >= 15 is 0 Å². The van der Waals surface area contributed by atoms with E-state index in [4.69, 9.17) is 9.15 Å². The van der Waals surface area contributed by atoms with E-state index in [0.29, 0.717) is 54.8 Å². The highest BCUT2D eigenvalue weighted by Gasteiger charge is 2.32. The summed E-state index contributed by atoms with van der Waals surface area (Å²) in [4.78, 5) is 61.6. The third-order valence-corrected chi connectivity index (χ3v) is 12.3. The molecule has 2 aliphatic carbocycles. The minimum Gasteiger partial charge on any atom is -0.444 e. The number of anilines is 2. The van der Waals surface area contributed by atoms with Gasteiger partial charge in [0.1, 0.15) is 18.1 Å². The Kier molecular flexibility index (Phi) is 13.2. The van der Waals surface area contributed by atoms with Crippen LogP contribution in [0.25, 0.3) is 22.5 Å². The lowest BCUT2D eigenvalue weighted by Gasteiger charge is -2.31. The van der Waals surface area contributed by atoms with Crippen LogP contribution in [0.3, 0.4) is 0 Å². The number of rotatable bonds is 19. The van der Waals surface area contributed by atoms with Crippen molar-refractivity contribution in [3.05, 3.63) is 76.4 Å². The van der Waals surface area contributed by atoms with Gasteiger partial charge in [0, 0.05) is 64.3 Å². The summed E-state index contributed by atoms with van der Waals surface area (Å²) in [6.07, 6.45) is 10.2. The molecule has 1 aromatic carbocycles. The number of carbonyl (C=O) groups is 3. The topological polar surface area (TPSA) is 183 Å². The van der Waals surface area contributed by atoms with Crippen LogP contribution in [0.5, 0.6) is 0 Å². The van der Waals surface area contributed by atoms with Gasteiger partial charge >= 0.3 is 5.69 Å². The summed E-state index contributed by atoms with van der Waals surface area (Å²) >= 11 is 0. The summed E-state index contributed by atoms with van der Waals surface area (Å²) in [5.41, 5.74) is 2.30. The fourth-order valence-electron chi connectivity index (χ4n) is 8.76. The molecular formula is C44H54F2N10O6. The first-order valence-electron chi connectivity index (χ1n) is 21.7. The molecule has 62 heavy (non-hydrogen) atoms. The molecule has 5 heterocycles. The van der Waals surface area contributed by atoms with E-state index in [2.05, 4.69) is 43.0 Å². The van der Waals surface area contributed by atoms with Crippen molar-refractivity contribution in [3.63, 3.8) is 0 Å². The summed E-state index contributed by atoms with van der Waals surface area (Å²) < 4.78 is 44.5. The summed E-state index contributed by atoms with van der Waals surface area (Å²) in [5.74, 6) is 0.623. The molecule has 1 aliphatic heterocycles. The number of amides is 3. The van der Waals surface area contributed by atoms with Crippen molar-refractivity contribution in [2.24, 2.45) is 18.9 Å². The lowest BCUT2D eigenvalue weighted by Crippen LogP contribution is -2.44. The third-order valence-electron chi connectivity index (χ3n) is 12.3. The Morgan fingerprint density at radius 1 is 1.05 bits per heavy atom. The van der Waals surface area contributed by atoms with Crippen LogP contribution >= 0.6 is 0 Å². The zero-order chi connectivity index (χ0) is 43.3. The number of aryl methyl sites for hydroxylation is 2. The Bertz CT molecular complexity index is 2450. The molecule has 330 valence electrons. The van der Waals surface area contributed by atoms with Crippen LogP contribution in [0.4, 0.5) is 20.3 Å². The van der Waals surface area contributed by atoms with Gasteiger partial charge in [0.15, 0.2) is 11.4 Å². The Morgan fingerprint density at radius 2 is 1.84 bits per heavy atom. The maximum Gasteiger partial charge on any atom is 0.329 e. The second-order valence-electron chi connectivity index (χ2n) is 16.9. The highest BCUT2D eigenvalue weighted by Crippen LogP contribution is 2.36. The predicted octanol–water partition coefficient (Wildman–Crippen LogP) is 6.28. The monoisotopic (exact) mass is 856 g/mol. The van der Waals surface area contributed by atoms with E-state index in [-0.39, 0.29) is 41.3 Å². The molecule has 3 N–H and O–H groups in total. The first kappa shape index (κ1) is 42.9. The zero-order valence-corrected chi connectivity index (χ0v) is 35.2. The van der Waals surface area contributed by atoms with E-state index < -0.39 is 30.0 Å². The van der Waals surface area contributed by atoms with Crippen LogP contribution < -0.4 is 21.6 Å². The minimum absolute atomic E-state index is 0.0325. The maximum absolute atomic E-state index is 14.1. The van der Waals surface area contributed by atoms with E-state index in [0.717, 1.165) is 69.2 Å². The standard InChI is InChI=1S/C44H54F2N10O6/c1-53(19-5-21-61-20-4-7-29-6-3-8-34-39(29)54(2)44(60)56(34)35-15-16-37(57)51-42(35)59)24-28-11-13-31(14-12-28)55-25-32(38(52-55)40(45)46)49-41(58)33-26-62-43(50-33)30-17-18-47-36(22-30)48-23-27-9-10-27/h3,6,8,17-18,22,25-28,31,35,40H,4-5,7,9-16,19-21,23-24H2,1-2H3,(H,47,48)(H,49,58)(H,51,57,59)/t28-,31-,35-/m0/s1. The van der Waals surface area contributed by atoms with Crippen molar-refractivity contribution < 1.29 is 32.3 Å². The molecule has 5 aromatic rings. The number of aromatic nitrogens is 6. The quantitative estimate of drug-likeness (QED) is 0.0628. The number of carbonyl (C=O) groups excluding carboxylic acids is 3. The number of imidazole rings is 1. The number of benzene rings is 1. The molecule has 0 radical (unpaired) electrons. The molecule has 1 saturated heterocycles. The minimum atomic E-state index is -2.87. The molecule has 3 fully saturated rings. The molecule has 0 unspecified atom stereocenters. The molecule has 0 spiro atoms. The molecule has 16 nitrogen and oxygen atoms in total. The first-order chi connectivity index (χ1) is 30.0. The molecule has 8 rings (SSSR count). The largest absolute Gasteiger partial charge is 0.444 e. The third kappa shape index (κ3) is 9.96. The van der Waals surface area contributed by atoms with Crippen molar-refractivity contribution >= 4 is 40.3 Å². The summed E-state index contributed by atoms with van der Waals surface area (Å²) in [5, 5.41) is 12.5. The fraction of sp³-hybridized carbons (Fsp3) is 0.523. The van der Waals surface area contributed by atoms with Gasteiger partial charge in [-0.05, 0) is 107 Å². The average Bonchev–Trinajstić information content (AvgIpc) is 3.66. The second kappa shape index (κ2) is 19.1. The number of nitrogens with zero attached hydrogens (tertiary/aromatic N) is 7. The van der Waals surface area contributed by atoms with Crippen molar-refractivity contribution in [1.29, 1.82) is 0 Å². The lowest BCUT2D eigenvalue weighted by atomic mass is 9.86. The number of alkyl halides is 2. The molecule has 4 aromatic heterocycles. The molecule has 2 saturated carbocycles. The zero-order valence-electron chi connectivity index (χ0n) is 35.2. The van der Waals surface area contributed by atoms with Crippen LogP contribution in [0.15, 0.2) is 58.2 Å². The number of nitrogens with one attached hydrogen (secondary N) is 3. The maximum atomic E-state index is 14.1. The Balaban J connectivity index is 0.752. The molecule has 0 bridgehead atoms. The van der Waals surface area contributed by atoms with Gasteiger partial charge in [-0.1, -0.05) is 12.1 Å².